The molecule has 0 aromatic carbocycles. The molecule has 0 spiro atoms. The van der Waals surface area contributed by atoms with Gasteiger partial charge in [-0.15, -0.1) is 11.3 Å². The van der Waals surface area contributed by atoms with Crippen LogP contribution in [0.5, 0.6) is 0 Å². The Hall–Kier alpha value is -1.000. The van der Waals surface area contributed by atoms with E-state index < -0.39 is 0 Å². The minimum absolute atomic E-state index is 0.125. The van der Waals surface area contributed by atoms with Gasteiger partial charge in [-0.2, -0.15) is 0 Å². The average Bonchev–Trinajstić information content (AvgIpc) is 2.64. The van der Waals surface area contributed by atoms with Crippen molar-refractivity contribution in [2.45, 2.75) is 13.3 Å². The Kier molecular flexibility index (Phi) is 3.51. The highest BCUT2D eigenvalue weighted by atomic mass is 79.9. The molecule has 2 heterocycles. The van der Waals surface area contributed by atoms with Crippen molar-refractivity contribution in [2.24, 2.45) is 0 Å². The molecule has 82 valence electrons. The van der Waals surface area contributed by atoms with Gasteiger partial charge in [-0.1, -0.05) is 0 Å². The Labute approximate surface area is 106 Å². The fourth-order valence-electron chi connectivity index (χ4n) is 1.46. The van der Waals surface area contributed by atoms with Crippen LogP contribution in [0.25, 0.3) is 0 Å². The molecule has 2 nitrogen and oxygen atoms in total. The third-order valence-electron chi connectivity index (χ3n) is 2.30. The van der Waals surface area contributed by atoms with Gasteiger partial charge in [-0.05, 0) is 40.5 Å². The van der Waals surface area contributed by atoms with Crippen LogP contribution in [-0.2, 0) is 6.42 Å². The first-order chi connectivity index (χ1) is 7.66. The van der Waals surface area contributed by atoms with Crippen molar-refractivity contribution in [3.8, 4) is 0 Å². The summed E-state index contributed by atoms with van der Waals surface area (Å²) in [5.74, 6) is 0.125. The van der Waals surface area contributed by atoms with E-state index in [-0.39, 0.29) is 5.78 Å². The standard InChI is InChI=1S/C12H10BrNOS/c1-8-2-3-14-6-11(8)12(15)5-10-4-9(13)7-16-10/h2-4,6-7H,5H2,1H3. The van der Waals surface area contributed by atoms with Crippen LogP contribution in [0.2, 0.25) is 0 Å². The topological polar surface area (TPSA) is 30.0 Å². The Morgan fingerprint density at radius 1 is 1.56 bits per heavy atom. The molecule has 2 aromatic rings. The number of carbonyl (C=O) groups is 1. The van der Waals surface area contributed by atoms with E-state index in [1.54, 1.807) is 23.7 Å². The molecule has 0 unspecified atom stereocenters. The van der Waals surface area contributed by atoms with Crippen LogP contribution in [0.1, 0.15) is 20.8 Å². The highest BCUT2D eigenvalue weighted by Crippen LogP contribution is 2.21. The molecule has 0 N–H and O–H groups in total. The summed E-state index contributed by atoms with van der Waals surface area (Å²) in [4.78, 5) is 17.1. The Morgan fingerprint density at radius 3 is 3.00 bits per heavy atom. The van der Waals surface area contributed by atoms with Gasteiger partial charge < -0.3 is 0 Å². The number of thiophene rings is 1. The molecule has 4 heteroatoms. The molecular formula is C12H10BrNOS. The van der Waals surface area contributed by atoms with E-state index in [0.717, 1.165) is 14.9 Å². The molecule has 0 bridgehead atoms. The first-order valence-electron chi connectivity index (χ1n) is 4.83. The normalized spacial score (nSPS) is 10.4. The summed E-state index contributed by atoms with van der Waals surface area (Å²) in [7, 11) is 0. The maximum Gasteiger partial charge on any atom is 0.169 e. The van der Waals surface area contributed by atoms with Gasteiger partial charge in [0, 0.05) is 39.1 Å². The lowest BCUT2D eigenvalue weighted by Crippen LogP contribution is -2.04. The Balaban J connectivity index is 2.18. The summed E-state index contributed by atoms with van der Waals surface area (Å²) >= 11 is 4.97. The van der Waals surface area contributed by atoms with Crippen molar-refractivity contribution >= 4 is 33.0 Å². The van der Waals surface area contributed by atoms with E-state index in [1.807, 2.05) is 24.4 Å². The van der Waals surface area contributed by atoms with Crippen LogP contribution in [0.3, 0.4) is 0 Å². The van der Waals surface area contributed by atoms with Gasteiger partial charge in [-0.3, -0.25) is 9.78 Å². The first-order valence-corrected chi connectivity index (χ1v) is 6.51. The lowest BCUT2D eigenvalue weighted by molar-refractivity contribution is 0.0993. The number of ketones is 1. The van der Waals surface area contributed by atoms with Crippen molar-refractivity contribution in [2.75, 3.05) is 0 Å². The fourth-order valence-corrected chi connectivity index (χ4v) is 2.91. The second-order valence-electron chi connectivity index (χ2n) is 3.52. The third kappa shape index (κ3) is 2.57. The molecule has 0 saturated heterocycles. The molecule has 0 fully saturated rings. The van der Waals surface area contributed by atoms with Crippen molar-refractivity contribution < 1.29 is 4.79 Å². The summed E-state index contributed by atoms with van der Waals surface area (Å²) in [5, 5.41) is 1.98. The van der Waals surface area contributed by atoms with E-state index in [9.17, 15) is 4.79 Å². The number of hydrogen-bond acceptors (Lipinski definition) is 3. The number of rotatable bonds is 3. The molecule has 0 aliphatic heterocycles. The van der Waals surface area contributed by atoms with Crippen LogP contribution in [0.4, 0.5) is 0 Å². The smallest absolute Gasteiger partial charge is 0.169 e. The lowest BCUT2D eigenvalue weighted by Gasteiger charge is -2.02. The SMILES string of the molecule is Cc1ccncc1C(=O)Cc1cc(Br)cs1. The maximum absolute atomic E-state index is 12.0. The number of aryl methyl sites for hydroxylation is 1. The number of nitrogens with zero attached hydrogens (tertiary/aromatic N) is 1. The maximum atomic E-state index is 12.0. The predicted molar refractivity (Wildman–Crippen MR) is 69.0 cm³/mol. The van der Waals surface area contributed by atoms with Gasteiger partial charge in [0.25, 0.3) is 0 Å². The van der Waals surface area contributed by atoms with Crippen LogP contribution >= 0.6 is 27.3 Å². The molecule has 0 amide bonds. The molecule has 16 heavy (non-hydrogen) atoms. The van der Waals surface area contributed by atoms with E-state index >= 15 is 0 Å². The molecule has 0 radical (unpaired) electrons. The summed E-state index contributed by atoms with van der Waals surface area (Å²) in [6.07, 6.45) is 3.79. The van der Waals surface area contributed by atoms with Gasteiger partial charge >= 0.3 is 0 Å². The molecule has 0 aliphatic carbocycles. The molecule has 0 atom stereocenters. The number of pyridine rings is 1. The molecule has 0 saturated carbocycles. The number of hydrogen-bond donors (Lipinski definition) is 0. The summed E-state index contributed by atoms with van der Waals surface area (Å²) < 4.78 is 1.03. The zero-order chi connectivity index (χ0) is 11.5. The average molecular weight is 296 g/mol. The number of aromatic nitrogens is 1. The van der Waals surface area contributed by atoms with Crippen molar-refractivity contribution in [1.82, 2.24) is 4.98 Å². The Morgan fingerprint density at radius 2 is 2.38 bits per heavy atom. The fraction of sp³-hybridized carbons (Fsp3) is 0.167. The molecule has 2 rings (SSSR count). The molecule has 0 aliphatic rings. The second kappa shape index (κ2) is 4.89. The number of halogens is 1. The minimum Gasteiger partial charge on any atom is -0.294 e. The monoisotopic (exact) mass is 295 g/mol. The lowest BCUT2D eigenvalue weighted by atomic mass is 10.1. The summed E-state index contributed by atoms with van der Waals surface area (Å²) in [5.41, 5.74) is 1.70. The van der Waals surface area contributed by atoms with Crippen LogP contribution in [0, 0.1) is 6.92 Å². The van der Waals surface area contributed by atoms with E-state index in [0.29, 0.717) is 12.0 Å². The van der Waals surface area contributed by atoms with Gasteiger partial charge in [0.15, 0.2) is 5.78 Å². The van der Waals surface area contributed by atoms with Crippen molar-refractivity contribution in [1.29, 1.82) is 0 Å². The zero-order valence-corrected chi connectivity index (χ0v) is 11.1. The van der Waals surface area contributed by atoms with Crippen molar-refractivity contribution in [3.63, 3.8) is 0 Å². The zero-order valence-electron chi connectivity index (χ0n) is 8.74. The largest absolute Gasteiger partial charge is 0.294 e. The van der Waals surface area contributed by atoms with E-state index in [2.05, 4.69) is 20.9 Å². The van der Waals surface area contributed by atoms with Gasteiger partial charge in [0.1, 0.15) is 0 Å². The highest BCUT2D eigenvalue weighted by Gasteiger charge is 2.10. The quantitative estimate of drug-likeness (QED) is 0.809. The minimum atomic E-state index is 0.125. The van der Waals surface area contributed by atoms with E-state index in [4.69, 9.17) is 0 Å². The van der Waals surface area contributed by atoms with Crippen LogP contribution in [-0.4, -0.2) is 10.8 Å². The first kappa shape index (κ1) is 11.5. The van der Waals surface area contributed by atoms with E-state index in [1.165, 1.54) is 0 Å². The second-order valence-corrected chi connectivity index (χ2v) is 5.43. The molecule has 2 aromatic heterocycles. The van der Waals surface area contributed by atoms with Crippen molar-refractivity contribution in [3.05, 3.63) is 50.4 Å². The Bertz CT molecular complexity index is 521. The predicted octanol–water partition coefficient (Wildman–Crippen LogP) is 3.64. The third-order valence-corrected chi connectivity index (χ3v) is 3.99. The van der Waals surface area contributed by atoms with Gasteiger partial charge in [0.05, 0.1) is 0 Å². The van der Waals surface area contributed by atoms with Crippen LogP contribution < -0.4 is 0 Å². The summed E-state index contributed by atoms with van der Waals surface area (Å²) in [6, 6.07) is 3.84. The number of Topliss-reactive ketones (excluding diaryl/α,β-unsaturated/α-hetero) is 1. The van der Waals surface area contributed by atoms with Gasteiger partial charge in [-0.25, -0.2) is 0 Å². The summed E-state index contributed by atoms with van der Waals surface area (Å²) in [6.45, 7) is 1.93. The highest BCUT2D eigenvalue weighted by molar-refractivity contribution is 9.10. The molecular weight excluding hydrogens is 286 g/mol. The van der Waals surface area contributed by atoms with Crippen LogP contribution in [0.15, 0.2) is 34.4 Å². The number of carbonyl (C=O) groups excluding carboxylic acids is 1. The van der Waals surface area contributed by atoms with Gasteiger partial charge in [0.2, 0.25) is 0 Å².